The summed E-state index contributed by atoms with van der Waals surface area (Å²) in [4.78, 5) is 0. The van der Waals surface area contributed by atoms with Crippen molar-refractivity contribution in [2.75, 3.05) is 0 Å². The zero-order valence-corrected chi connectivity index (χ0v) is 6.03. The molecule has 9 heavy (non-hydrogen) atoms. The van der Waals surface area contributed by atoms with Gasteiger partial charge in [-0.25, -0.2) is 5.48 Å². The molecule has 50 valence electrons. The van der Waals surface area contributed by atoms with Crippen LogP contribution < -0.4 is 5.48 Å². The Kier molecular flexibility index (Phi) is 2.22. The minimum absolute atomic E-state index is 0.551. The van der Waals surface area contributed by atoms with E-state index in [9.17, 15) is 0 Å². The van der Waals surface area contributed by atoms with Gasteiger partial charge in [0.15, 0.2) is 0 Å². The molecule has 0 fully saturated rings. The summed E-state index contributed by atoms with van der Waals surface area (Å²) in [5.41, 5.74) is 4.52. The predicted molar refractivity (Wildman–Crippen MR) is 37.7 cm³/mol. The van der Waals surface area contributed by atoms with Crippen molar-refractivity contribution in [1.82, 2.24) is 5.48 Å². The maximum absolute atomic E-state index is 8.32. The van der Waals surface area contributed by atoms with E-state index in [1.165, 1.54) is 11.1 Å². The van der Waals surface area contributed by atoms with Crippen molar-refractivity contribution in [2.45, 2.75) is 13.5 Å². The van der Waals surface area contributed by atoms with E-state index in [4.69, 9.17) is 5.21 Å². The largest absolute Gasteiger partial charge is 0.316 e. The van der Waals surface area contributed by atoms with Gasteiger partial charge in [0, 0.05) is 6.54 Å². The van der Waals surface area contributed by atoms with Crippen LogP contribution in [0.5, 0.6) is 0 Å². The number of hydroxylamine groups is 1. The fourth-order valence-electron chi connectivity index (χ4n) is 0.653. The summed E-state index contributed by atoms with van der Waals surface area (Å²) in [6.07, 6.45) is 0. The van der Waals surface area contributed by atoms with Crippen LogP contribution in [-0.2, 0) is 6.54 Å². The molecule has 0 aliphatic carbocycles. The van der Waals surface area contributed by atoms with E-state index in [1.807, 2.05) is 12.3 Å². The van der Waals surface area contributed by atoms with Crippen molar-refractivity contribution in [3.8, 4) is 0 Å². The summed E-state index contributed by atoms with van der Waals surface area (Å²) in [5, 5.41) is 12.4. The molecule has 2 nitrogen and oxygen atoms in total. The first-order chi connectivity index (χ1) is 4.34. The van der Waals surface area contributed by atoms with E-state index >= 15 is 0 Å². The highest BCUT2D eigenvalue weighted by Gasteiger charge is 1.95. The lowest BCUT2D eigenvalue weighted by Crippen LogP contribution is -2.05. The standard InChI is InChI=1S/C6H9NOS/c1-5-3-9-4-6(5)2-7-8/h3-4,7-8H,2H2,1H3. The van der Waals surface area contributed by atoms with Gasteiger partial charge in [-0.15, -0.1) is 0 Å². The number of nitrogens with one attached hydrogen (secondary N) is 1. The molecule has 0 radical (unpaired) electrons. The molecule has 0 aliphatic rings. The monoisotopic (exact) mass is 143 g/mol. The van der Waals surface area contributed by atoms with Gasteiger partial charge in [-0.2, -0.15) is 11.3 Å². The number of hydrogen-bond acceptors (Lipinski definition) is 3. The molecule has 0 aliphatic heterocycles. The zero-order valence-electron chi connectivity index (χ0n) is 5.22. The van der Waals surface area contributed by atoms with Crippen molar-refractivity contribution in [2.24, 2.45) is 0 Å². The van der Waals surface area contributed by atoms with Crippen LogP contribution in [0.4, 0.5) is 0 Å². The molecule has 0 aromatic carbocycles. The first-order valence-electron chi connectivity index (χ1n) is 2.73. The lowest BCUT2D eigenvalue weighted by Gasteiger charge is -1.94. The molecule has 0 amide bonds. The lowest BCUT2D eigenvalue weighted by molar-refractivity contribution is 0.161. The Balaban J connectivity index is 2.69. The average Bonchev–Trinajstić information content (AvgIpc) is 2.18. The predicted octanol–water partition coefficient (Wildman–Crippen LogP) is 1.54. The summed E-state index contributed by atoms with van der Waals surface area (Å²) < 4.78 is 0. The van der Waals surface area contributed by atoms with Crippen LogP contribution in [-0.4, -0.2) is 5.21 Å². The third-order valence-corrected chi connectivity index (χ3v) is 2.14. The zero-order chi connectivity index (χ0) is 6.69. The summed E-state index contributed by atoms with van der Waals surface area (Å²) in [5.74, 6) is 0. The topological polar surface area (TPSA) is 32.3 Å². The Labute approximate surface area is 58.1 Å². The van der Waals surface area contributed by atoms with Gasteiger partial charge in [0.25, 0.3) is 0 Å². The van der Waals surface area contributed by atoms with Crippen molar-refractivity contribution in [3.05, 3.63) is 21.9 Å². The Bertz CT molecular complexity index is 185. The summed E-state index contributed by atoms with van der Waals surface area (Å²) in [6, 6.07) is 0. The third-order valence-electron chi connectivity index (χ3n) is 1.23. The van der Waals surface area contributed by atoms with Gasteiger partial charge in [0.2, 0.25) is 0 Å². The van der Waals surface area contributed by atoms with E-state index in [0.29, 0.717) is 6.54 Å². The quantitative estimate of drug-likeness (QED) is 0.615. The second kappa shape index (κ2) is 2.96. The Morgan fingerprint density at radius 2 is 2.44 bits per heavy atom. The highest BCUT2D eigenvalue weighted by molar-refractivity contribution is 7.08. The van der Waals surface area contributed by atoms with E-state index < -0.39 is 0 Å². The van der Waals surface area contributed by atoms with Crippen molar-refractivity contribution >= 4 is 11.3 Å². The average molecular weight is 143 g/mol. The first kappa shape index (κ1) is 6.74. The molecule has 0 saturated carbocycles. The van der Waals surface area contributed by atoms with E-state index in [-0.39, 0.29) is 0 Å². The van der Waals surface area contributed by atoms with Gasteiger partial charge in [-0.05, 0) is 28.8 Å². The normalized spacial score (nSPS) is 10.0. The minimum Gasteiger partial charge on any atom is -0.316 e. The SMILES string of the molecule is Cc1cscc1CNO. The molecule has 0 bridgehead atoms. The summed E-state index contributed by atoms with van der Waals surface area (Å²) in [6.45, 7) is 2.58. The molecule has 0 spiro atoms. The van der Waals surface area contributed by atoms with Crippen LogP contribution in [0.15, 0.2) is 10.8 Å². The molecule has 1 aromatic rings. The molecule has 1 aromatic heterocycles. The molecular weight excluding hydrogens is 134 g/mol. The second-order valence-corrected chi connectivity index (χ2v) is 2.66. The van der Waals surface area contributed by atoms with Gasteiger partial charge >= 0.3 is 0 Å². The lowest BCUT2D eigenvalue weighted by atomic mass is 10.2. The van der Waals surface area contributed by atoms with Gasteiger partial charge in [0.1, 0.15) is 0 Å². The Hall–Kier alpha value is -0.380. The molecule has 1 rings (SSSR count). The summed E-state index contributed by atoms with van der Waals surface area (Å²) >= 11 is 1.66. The number of aryl methyl sites for hydroxylation is 1. The first-order valence-corrected chi connectivity index (χ1v) is 3.67. The van der Waals surface area contributed by atoms with Crippen LogP contribution in [0, 0.1) is 6.92 Å². The second-order valence-electron chi connectivity index (χ2n) is 1.91. The van der Waals surface area contributed by atoms with E-state index in [2.05, 4.69) is 10.9 Å². The molecule has 2 N–H and O–H groups in total. The fourth-order valence-corrected chi connectivity index (χ4v) is 1.51. The van der Waals surface area contributed by atoms with Gasteiger partial charge in [-0.3, -0.25) is 0 Å². The van der Waals surface area contributed by atoms with Crippen molar-refractivity contribution in [3.63, 3.8) is 0 Å². The van der Waals surface area contributed by atoms with Gasteiger partial charge in [0.05, 0.1) is 0 Å². The third kappa shape index (κ3) is 1.51. The van der Waals surface area contributed by atoms with Crippen LogP contribution in [0.25, 0.3) is 0 Å². The smallest absolute Gasteiger partial charge is 0.0468 e. The van der Waals surface area contributed by atoms with Gasteiger partial charge in [-0.1, -0.05) is 0 Å². The maximum Gasteiger partial charge on any atom is 0.0468 e. The molecular formula is C6H9NOS. The number of hydrogen-bond donors (Lipinski definition) is 2. The van der Waals surface area contributed by atoms with E-state index in [1.54, 1.807) is 11.3 Å². The molecule has 0 atom stereocenters. The molecule has 0 saturated heterocycles. The summed E-state index contributed by atoms with van der Waals surface area (Å²) in [7, 11) is 0. The van der Waals surface area contributed by atoms with Crippen LogP contribution in [0.1, 0.15) is 11.1 Å². The molecule has 0 unspecified atom stereocenters. The van der Waals surface area contributed by atoms with Crippen molar-refractivity contribution < 1.29 is 5.21 Å². The molecule has 1 heterocycles. The fraction of sp³-hybridized carbons (Fsp3) is 0.333. The number of rotatable bonds is 2. The Morgan fingerprint density at radius 1 is 1.67 bits per heavy atom. The highest BCUT2D eigenvalue weighted by atomic mass is 32.1. The van der Waals surface area contributed by atoms with Crippen LogP contribution in [0.3, 0.4) is 0 Å². The Morgan fingerprint density at radius 3 is 2.89 bits per heavy atom. The maximum atomic E-state index is 8.32. The van der Waals surface area contributed by atoms with Crippen molar-refractivity contribution in [1.29, 1.82) is 0 Å². The minimum atomic E-state index is 0.551. The highest BCUT2D eigenvalue weighted by Crippen LogP contribution is 2.12. The van der Waals surface area contributed by atoms with E-state index in [0.717, 1.165) is 0 Å². The van der Waals surface area contributed by atoms with Gasteiger partial charge < -0.3 is 5.21 Å². The molecule has 3 heteroatoms. The number of thiophene rings is 1. The van der Waals surface area contributed by atoms with Crippen LogP contribution >= 0.6 is 11.3 Å². The van der Waals surface area contributed by atoms with Crippen LogP contribution in [0.2, 0.25) is 0 Å².